The summed E-state index contributed by atoms with van der Waals surface area (Å²) >= 11 is 0. The predicted molar refractivity (Wildman–Crippen MR) is 472 cm³/mol. The van der Waals surface area contributed by atoms with Crippen LogP contribution in [-0.4, -0.2) is 237 Å². The second-order valence-electron chi connectivity index (χ2n) is 38.0. The molecule has 29 heteroatoms. The third-order valence-electron chi connectivity index (χ3n) is 30.2. The molecule has 0 bridgehead atoms. The number of aliphatic hydroxyl groups is 6. The Morgan fingerprint density at radius 1 is 0.386 bits per heavy atom. The number of benzene rings is 6. The SMILES string of the molecule is CN1CCC23C=CC(O)CC2Oc2c(O)ccc(c23)C1.CN1CCC23C=CC(O)CC2Oc2c(OS(=O)(=O)O)ccc(c23)C1.COc1ccc2c3c1OC1CC(O)C=CC31CCN(C)C2.COc1ccc2c3c1OC1CC(O)C=CC31CCNC2.COc1ccc2c3c1OC1CC(O)C=CC31CCNC2.COc1ccc2c3c1OC1CC(O)C=CC31CC[N+](C)([O-])C2. The molecule has 0 radical (unpaired) electrons. The van der Waals surface area contributed by atoms with E-state index in [2.05, 4.69) is 88.0 Å². The molecule has 0 fully saturated rings. The minimum atomic E-state index is -4.64. The van der Waals surface area contributed by atoms with Crippen molar-refractivity contribution in [3.8, 4) is 69.0 Å². The van der Waals surface area contributed by atoms with Gasteiger partial charge in [-0.2, -0.15) is 8.42 Å². The first-order chi connectivity index (χ1) is 61.0. The first kappa shape index (κ1) is 87.1. The largest absolute Gasteiger partial charge is 0.633 e. The summed E-state index contributed by atoms with van der Waals surface area (Å²) in [7, 11) is 10.1. The molecular weight excluding hydrogens is 1650 g/mol. The average molecular weight is 1760 g/mol. The standard InChI is InChI=1S/C17H21NO4.C17H21NO3.C16H19NO6S.3C16H19NO3/c1-18(20)8-7-17-6-5-12(19)9-14(17)22-16-13(21-2)4-3-11(10-18)15(16)17;1-18-8-7-17-6-5-12(19)9-14(17)21-16-13(20-2)4-3-11(10-18)15(16)17;1-17-7-6-16-5-4-11(18)8-13(16)22-15-12(23-24(19,20)21)3-2-10(9-17)14(15)16;2*1-19-12-3-2-10-9-17-7-6-16-5-4-11(18)8-13(16)20-15(12)14(10)16;1-17-7-6-16-5-4-11(18)8-13(16)20-15-12(19)3-2-10(9-17)14(15)16/h3-6,12,14,19H,7-10H2,1-2H3;3-6,12,14,19H,7-10H2,1-2H3;2-5,11,13,18H,6-9H2,1H3,(H,19,20,21);2*2-5,11,13,17-18H,6-9H2,1H3;2-5,11,13,18-19H,6-9H2,1H3. The number of aliphatic hydroxyl groups excluding tert-OH is 6. The third kappa shape index (κ3) is 15.0. The maximum Gasteiger partial charge on any atom is 0.446 e. The smallest absolute Gasteiger partial charge is 0.446 e. The Labute approximate surface area is 741 Å². The highest BCUT2D eigenvalue weighted by Gasteiger charge is 2.60. The number of nitrogens with zero attached hydrogens (tertiary/aromatic N) is 4. The summed E-state index contributed by atoms with van der Waals surface area (Å²) in [6, 6.07) is 23.3. The number of phenols is 1. The molecule has 28 nitrogen and oxygen atoms in total. The number of phenolic OH excluding ortho intramolecular Hbond substituents is 1. The molecule has 6 aromatic rings. The molecule has 12 heterocycles. The lowest BCUT2D eigenvalue weighted by Crippen LogP contribution is -2.44. The number of hydrogen-bond acceptors (Lipinski definition) is 26. The van der Waals surface area contributed by atoms with Crippen molar-refractivity contribution in [1.29, 1.82) is 0 Å². The van der Waals surface area contributed by atoms with Gasteiger partial charge in [0.25, 0.3) is 0 Å². The van der Waals surface area contributed by atoms with E-state index in [9.17, 15) is 49.4 Å². The van der Waals surface area contributed by atoms with E-state index < -0.39 is 52.4 Å². The van der Waals surface area contributed by atoms with Crippen LogP contribution in [-0.2, 0) is 82.2 Å². The molecule has 0 saturated carbocycles. The summed E-state index contributed by atoms with van der Waals surface area (Å²) in [5, 5.41) is 89.4. The molecule has 6 aliphatic carbocycles. The maximum atomic E-state index is 12.7. The minimum absolute atomic E-state index is 0.00690. The van der Waals surface area contributed by atoms with Gasteiger partial charge in [0.05, 0.1) is 111 Å². The van der Waals surface area contributed by atoms with E-state index in [0.29, 0.717) is 75.4 Å². The lowest BCUT2D eigenvalue weighted by Gasteiger charge is -2.40. The zero-order valence-electron chi connectivity index (χ0n) is 73.2. The summed E-state index contributed by atoms with van der Waals surface area (Å²) in [5.41, 5.74) is 12.9. The number of nitrogens with one attached hydrogen (secondary N) is 2. The molecule has 6 aromatic carbocycles. The number of rotatable bonds is 6. The Morgan fingerprint density at radius 2 is 0.654 bits per heavy atom. The van der Waals surface area contributed by atoms with Gasteiger partial charge in [-0.05, 0) is 156 Å². The average Bonchev–Trinajstić information content (AvgIpc) is 1.47. The van der Waals surface area contributed by atoms with Gasteiger partial charge < -0.3 is 122 Å². The van der Waals surface area contributed by atoms with Crippen LogP contribution in [0.25, 0.3) is 0 Å². The van der Waals surface area contributed by atoms with Crippen molar-refractivity contribution >= 4 is 10.4 Å². The fourth-order valence-corrected chi connectivity index (χ4v) is 24.4. The van der Waals surface area contributed by atoms with Crippen molar-refractivity contribution in [3.05, 3.63) is 218 Å². The van der Waals surface area contributed by atoms with Crippen LogP contribution >= 0.6 is 0 Å². The van der Waals surface area contributed by atoms with Gasteiger partial charge in [0.1, 0.15) is 43.2 Å². The molecule has 0 saturated heterocycles. The number of aromatic hydroxyl groups is 1. The molecule has 678 valence electrons. The van der Waals surface area contributed by atoms with E-state index in [4.69, 9.17) is 56.1 Å². The first-order valence-electron chi connectivity index (χ1n) is 44.7. The molecule has 0 amide bonds. The fourth-order valence-electron chi connectivity index (χ4n) is 24.0. The molecule has 19 unspecified atom stereocenters. The van der Waals surface area contributed by atoms with Crippen LogP contribution in [0.15, 0.2) is 146 Å². The van der Waals surface area contributed by atoms with E-state index in [1.165, 1.54) is 45.0 Å². The normalized spacial score (nSPS) is 34.5. The van der Waals surface area contributed by atoms with Gasteiger partial charge in [-0.1, -0.05) is 103 Å². The quantitative estimate of drug-likeness (QED) is 0.0321. The summed E-state index contributed by atoms with van der Waals surface area (Å²) in [6.07, 6.45) is 29.7. The number of quaternary nitrogens is 1. The lowest BCUT2D eigenvalue weighted by atomic mass is 9.69. The zero-order valence-corrected chi connectivity index (χ0v) is 74.1. The van der Waals surface area contributed by atoms with E-state index in [0.717, 1.165) is 165 Å². The van der Waals surface area contributed by atoms with Gasteiger partial charge in [-0.15, -0.1) is 0 Å². The Kier molecular flexibility index (Phi) is 22.8. The van der Waals surface area contributed by atoms with Crippen LogP contribution in [0.1, 0.15) is 144 Å². The van der Waals surface area contributed by atoms with Crippen molar-refractivity contribution < 1.29 is 105 Å². The summed E-state index contributed by atoms with van der Waals surface area (Å²) in [6.45, 7) is 9.99. The Morgan fingerprint density at radius 3 is 0.992 bits per heavy atom. The molecule has 19 atom stereocenters. The molecule has 0 aromatic heterocycles. The molecule has 6 spiro atoms. The van der Waals surface area contributed by atoms with Crippen LogP contribution in [0.2, 0.25) is 0 Å². The van der Waals surface area contributed by atoms with E-state index in [1.54, 1.807) is 47.6 Å². The zero-order chi connectivity index (χ0) is 88.7. The van der Waals surface area contributed by atoms with E-state index in [1.807, 2.05) is 86.0 Å². The van der Waals surface area contributed by atoms with Crippen LogP contribution in [0.5, 0.6) is 69.0 Å². The molecule has 24 rings (SSSR count). The highest BCUT2D eigenvalue weighted by atomic mass is 32.3. The molecule has 10 N–H and O–H groups in total. The Hall–Kier alpha value is -9.25. The van der Waals surface area contributed by atoms with E-state index >= 15 is 0 Å². The first-order valence-corrected chi connectivity index (χ1v) is 46.1. The highest BCUT2D eigenvalue weighted by Crippen LogP contribution is 2.63. The fraction of sp³-hybridized carbons (Fsp3) is 0.510. The minimum Gasteiger partial charge on any atom is -0.633 e. The van der Waals surface area contributed by atoms with Crippen LogP contribution in [0.3, 0.4) is 0 Å². The van der Waals surface area contributed by atoms with Crippen LogP contribution in [0.4, 0.5) is 0 Å². The van der Waals surface area contributed by atoms with Crippen molar-refractivity contribution in [2.24, 2.45) is 0 Å². The van der Waals surface area contributed by atoms with E-state index in [-0.39, 0.29) is 79.8 Å². The van der Waals surface area contributed by atoms with Crippen LogP contribution < -0.4 is 62.2 Å². The second kappa shape index (κ2) is 33.3. The van der Waals surface area contributed by atoms with Crippen molar-refractivity contribution in [3.63, 3.8) is 0 Å². The molecule has 12 aliphatic heterocycles. The van der Waals surface area contributed by atoms with Gasteiger partial charge in [0, 0.05) is 117 Å². The van der Waals surface area contributed by atoms with Gasteiger partial charge in [0.15, 0.2) is 69.0 Å². The van der Waals surface area contributed by atoms with Gasteiger partial charge in [-0.25, -0.2) is 0 Å². The second-order valence-corrected chi connectivity index (χ2v) is 39.0. The third-order valence-corrected chi connectivity index (χ3v) is 30.6. The Balaban J connectivity index is 0.0000000994. The number of hydrogen-bond donors (Lipinski definition) is 10. The summed E-state index contributed by atoms with van der Waals surface area (Å²) < 4.78 is 94.6. The Bertz CT molecular complexity index is 5480. The highest BCUT2D eigenvalue weighted by molar-refractivity contribution is 7.81. The monoisotopic (exact) mass is 1760 g/mol. The van der Waals surface area contributed by atoms with Gasteiger partial charge in [0.2, 0.25) is 0 Å². The number of hydroxylamine groups is 3. The molecular formula is C98H118N6O22S. The summed E-state index contributed by atoms with van der Waals surface area (Å²) in [5.74, 6) is 7.65. The van der Waals surface area contributed by atoms with Crippen molar-refractivity contribution in [2.45, 2.75) is 222 Å². The van der Waals surface area contributed by atoms with Gasteiger partial charge in [-0.3, -0.25) is 4.55 Å². The molecule has 18 aliphatic rings. The number of ether oxygens (including phenoxy) is 10. The number of methoxy groups -OCH3 is 4. The predicted octanol–water partition coefficient (Wildman–Crippen LogP) is 9.30. The van der Waals surface area contributed by atoms with Crippen molar-refractivity contribution in [1.82, 2.24) is 25.3 Å². The topological polar surface area (TPSA) is 354 Å². The molecule has 127 heavy (non-hydrogen) atoms. The maximum absolute atomic E-state index is 12.7. The van der Waals surface area contributed by atoms with Crippen molar-refractivity contribution in [2.75, 3.05) is 95.9 Å². The summed E-state index contributed by atoms with van der Waals surface area (Å²) in [4.78, 5) is 6.85. The van der Waals surface area contributed by atoms with Crippen LogP contribution in [0, 0.1) is 5.21 Å². The lowest BCUT2D eigenvalue weighted by molar-refractivity contribution is -0.874. The van der Waals surface area contributed by atoms with Gasteiger partial charge >= 0.3 is 10.4 Å².